The molecule has 1 aromatic rings. The topological polar surface area (TPSA) is 270 Å². The number of carbonyl (C=O) groups excluding carboxylic acids is 4. The predicted octanol–water partition coefficient (Wildman–Crippen LogP) is -2.76. The van der Waals surface area contributed by atoms with Gasteiger partial charge in [-0.05, 0) is 43.4 Å². The Morgan fingerprint density at radius 3 is 2.26 bits per heavy atom. The van der Waals surface area contributed by atoms with Crippen LogP contribution in [0.3, 0.4) is 0 Å². The Morgan fingerprint density at radius 1 is 1.03 bits per heavy atom. The largest absolute Gasteiger partial charge is 0.508 e. The zero-order valence-corrected chi connectivity index (χ0v) is 21.4. The van der Waals surface area contributed by atoms with Crippen LogP contribution < -0.4 is 33.6 Å². The van der Waals surface area contributed by atoms with Crippen LogP contribution in [0.4, 0.5) is 0 Å². The Kier molecular flexibility index (Phi) is 11.5. The number of carboxylic acids is 1. The van der Waals surface area contributed by atoms with Crippen molar-refractivity contribution in [3.05, 3.63) is 29.8 Å². The number of aliphatic imine (C=N–C) groups is 1. The normalized spacial score (nSPS) is 16.9. The predicted molar refractivity (Wildman–Crippen MR) is 140 cm³/mol. The third kappa shape index (κ3) is 9.77. The second kappa shape index (κ2) is 14.5. The minimum atomic E-state index is -1.31. The van der Waals surface area contributed by atoms with Gasteiger partial charge in [-0.15, -0.1) is 0 Å². The molecule has 2 rings (SSSR count). The van der Waals surface area contributed by atoms with Crippen LogP contribution in [0.1, 0.15) is 37.7 Å². The number of rotatable bonds is 14. The number of phenols is 1. The van der Waals surface area contributed by atoms with Crippen LogP contribution in [0.2, 0.25) is 0 Å². The Hall–Kier alpha value is -4.40. The Morgan fingerprint density at radius 2 is 1.67 bits per heavy atom. The molecule has 1 saturated heterocycles. The lowest BCUT2D eigenvalue weighted by atomic mass is 10.0. The number of hydrogen-bond acceptors (Lipinski definition) is 8. The van der Waals surface area contributed by atoms with Gasteiger partial charge in [0.2, 0.25) is 23.6 Å². The zero-order chi connectivity index (χ0) is 29.1. The molecule has 214 valence electrons. The molecule has 0 bridgehead atoms. The molecule has 12 N–H and O–H groups in total. The molecule has 1 heterocycles. The van der Waals surface area contributed by atoms with Gasteiger partial charge in [0.05, 0.1) is 12.5 Å². The first-order valence-electron chi connectivity index (χ1n) is 12.4. The minimum absolute atomic E-state index is 0.00250. The molecule has 0 spiro atoms. The SMILES string of the molecule is NC(=O)CC(N)C(=O)NC(Cc1ccc(O)cc1)C(=O)NC(CCCN=C(N)N)C(=O)N1CCCC1C(=O)O. The van der Waals surface area contributed by atoms with E-state index in [1.807, 2.05) is 0 Å². The number of phenolic OH excluding ortho intramolecular Hbond substituents is 1. The first kappa shape index (κ1) is 30.8. The van der Waals surface area contributed by atoms with Crippen molar-refractivity contribution in [2.75, 3.05) is 13.1 Å². The van der Waals surface area contributed by atoms with Crippen molar-refractivity contribution in [3.63, 3.8) is 0 Å². The van der Waals surface area contributed by atoms with Gasteiger partial charge in [-0.1, -0.05) is 12.1 Å². The van der Waals surface area contributed by atoms with Crippen molar-refractivity contribution in [3.8, 4) is 5.75 Å². The van der Waals surface area contributed by atoms with E-state index in [-0.39, 0.29) is 44.1 Å². The average Bonchev–Trinajstić information content (AvgIpc) is 3.36. The summed E-state index contributed by atoms with van der Waals surface area (Å²) in [6.07, 6.45) is 0.667. The summed E-state index contributed by atoms with van der Waals surface area (Å²) in [5, 5.41) is 24.2. The fraction of sp³-hybridized carbons (Fsp3) is 0.500. The van der Waals surface area contributed by atoms with Crippen LogP contribution in [0.5, 0.6) is 5.75 Å². The summed E-state index contributed by atoms with van der Waals surface area (Å²) in [6, 6.07) is 1.20. The molecular formula is C24H36N8O7. The van der Waals surface area contributed by atoms with Crippen LogP contribution in [-0.4, -0.2) is 87.9 Å². The number of likely N-dealkylation sites (tertiary alicyclic amines) is 1. The van der Waals surface area contributed by atoms with Crippen molar-refractivity contribution < 1.29 is 34.2 Å². The number of primary amides is 1. The molecule has 0 aliphatic carbocycles. The van der Waals surface area contributed by atoms with Crippen LogP contribution in [0.25, 0.3) is 0 Å². The third-order valence-electron chi connectivity index (χ3n) is 6.15. The Balaban J connectivity index is 2.27. The third-order valence-corrected chi connectivity index (χ3v) is 6.15. The van der Waals surface area contributed by atoms with E-state index in [4.69, 9.17) is 22.9 Å². The summed E-state index contributed by atoms with van der Waals surface area (Å²) < 4.78 is 0. The van der Waals surface area contributed by atoms with E-state index < -0.39 is 60.2 Å². The second-order valence-electron chi connectivity index (χ2n) is 9.25. The van der Waals surface area contributed by atoms with Gasteiger partial charge in [0.25, 0.3) is 0 Å². The number of carbonyl (C=O) groups is 5. The fourth-order valence-electron chi connectivity index (χ4n) is 4.19. The summed E-state index contributed by atoms with van der Waals surface area (Å²) in [5.41, 5.74) is 22.1. The van der Waals surface area contributed by atoms with Crippen molar-refractivity contribution in [2.45, 2.75) is 62.7 Å². The summed E-state index contributed by atoms with van der Waals surface area (Å²) in [7, 11) is 0. The van der Waals surface area contributed by atoms with Crippen LogP contribution >= 0.6 is 0 Å². The molecule has 4 amide bonds. The van der Waals surface area contributed by atoms with Gasteiger partial charge < -0.3 is 48.7 Å². The van der Waals surface area contributed by atoms with Gasteiger partial charge in [0.1, 0.15) is 23.9 Å². The number of aliphatic carboxylic acids is 1. The molecule has 1 aliphatic rings. The molecule has 1 aliphatic heterocycles. The number of hydrogen-bond donors (Lipinski definition) is 8. The molecule has 0 saturated carbocycles. The number of amides is 4. The highest BCUT2D eigenvalue weighted by molar-refractivity contribution is 5.95. The number of nitrogens with one attached hydrogen (secondary N) is 2. The molecule has 15 nitrogen and oxygen atoms in total. The van der Waals surface area contributed by atoms with Crippen LogP contribution in [-0.2, 0) is 30.4 Å². The summed E-state index contributed by atoms with van der Waals surface area (Å²) >= 11 is 0. The fourth-order valence-corrected chi connectivity index (χ4v) is 4.19. The Bertz CT molecular complexity index is 1070. The van der Waals surface area contributed by atoms with Gasteiger partial charge in [-0.3, -0.25) is 24.2 Å². The van der Waals surface area contributed by atoms with E-state index in [2.05, 4.69) is 15.6 Å². The minimum Gasteiger partial charge on any atom is -0.508 e. The van der Waals surface area contributed by atoms with Gasteiger partial charge in [0.15, 0.2) is 5.96 Å². The average molecular weight is 549 g/mol. The summed E-state index contributed by atoms with van der Waals surface area (Å²) in [5.74, 6) is -4.23. The Labute approximate surface area is 225 Å². The van der Waals surface area contributed by atoms with Crippen molar-refractivity contribution >= 4 is 35.6 Å². The smallest absolute Gasteiger partial charge is 0.326 e. The lowest BCUT2D eigenvalue weighted by Crippen LogP contribution is -2.57. The van der Waals surface area contributed by atoms with E-state index in [9.17, 15) is 34.2 Å². The number of carboxylic acid groups (broad SMARTS) is 1. The maximum absolute atomic E-state index is 13.4. The maximum Gasteiger partial charge on any atom is 0.326 e. The first-order chi connectivity index (χ1) is 18.4. The van der Waals surface area contributed by atoms with Crippen LogP contribution in [0, 0.1) is 0 Å². The monoisotopic (exact) mass is 548 g/mol. The lowest BCUT2D eigenvalue weighted by Gasteiger charge is -2.29. The second-order valence-corrected chi connectivity index (χ2v) is 9.25. The lowest BCUT2D eigenvalue weighted by molar-refractivity contribution is -0.149. The van der Waals surface area contributed by atoms with E-state index in [1.165, 1.54) is 17.0 Å². The molecule has 4 atom stereocenters. The van der Waals surface area contributed by atoms with E-state index >= 15 is 0 Å². The molecule has 39 heavy (non-hydrogen) atoms. The van der Waals surface area contributed by atoms with E-state index in [0.717, 1.165) is 0 Å². The molecule has 0 aromatic heterocycles. The standard InChI is InChI=1S/C24H36N8O7/c25-15(12-19(26)34)20(35)31-17(11-13-5-7-14(33)8-6-13)21(36)30-16(3-1-9-29-24(27)28)22(37)32-10-2-4-18(32)23(38)39/h5-8,15-18,33H,1-4,9-12,25H2,(H2,26,34)(H,30,36)(H,31,35)(H,38,39)(H4,27,28,29). The summed E-state index contributed by atoms with van der Waals surface area (Å²) in [6.45, 7) is 0.381. The van der Waals surface area contributed by atoms with E-state index in [0.29, 0.717) is 18.4 Å². The van der Waals surface area contributed by atoms with Crippen molar-refractivity contribution in [1.29, 1.82) is 0 Å². The maximum atomic E-state index is 13.4. The highest BCUT2D eigenvalue weighted by Crippen LogP contribution is 2.20. The number of benzene rings is 1. The highest BCUT2D eigenvalue weighted by atomic mass is 16.4. The molecule has 15 heteroatoms. The van der Waals surface area contributed by atoms with Gasteiger partial charge in [-0.2, -0.15) is 0 Å². The van der Waals surface area contributed by atoms with Gasteiger partial charge in [-0.25, -0.2) is 4.79 Å². The highest BCUT2D eigenvalue weighted by Gasteiger charge is 2.38. The van der Waals surface area contributed by atoms with Crippen LogP contribution in [0.15, 0.2) is 29.3 Å². The van der Waals surface area contributed by atoms with Gasteiger partial charge in [0, 0.05) is 19.5 Å². The zero-order valence-electron chi connectivity index (χ0n) is 21.4. The number of nitrogens with zero attached hydrogens (tertiary/aromatic N) is 2. The quantitative estimate of drug-likeness (QED) is 0.0673. The molecule has 4 unspecified atom stereocenters. The number of guanidine groups is 1. The van der Waals surface area contributed by atoms with Crippen molar-refractivity contribution in [2.24, 2.45) is 27.9 Å². The molecule has 0 radical (unpaired) electrons. The first-order valence-corrected chi connectivity index (χ1v) is 12.4. The molecule has 1 aromatic carbocycles. The molecule has 1 fully saturated rings. The molecular weight excluding hydrogens is 512 g/mol. The number of aromatic hydroxyl groups is 1. The van der Waals surface area contributed by atoms with Crippen molar-refractivity contribution in [1.82, 2.24) is 15.5 Å². The summed E-state index contributed by atoms with van der Waals surface area (Å²) in [4.78, 5) is 67.3. The number of nitrogens with two attached hydrogens (primary N) is 4. The van der Waals surface area contributed by atoms with E-state index in [1.54, 1.807) is 12.1 Å². The van der Waals surface area contributed by atoms with Gasteiger partial charge >= 0.3 is 5.97 Å².